The highest BCUT2D eigenvalue weighted by Gasteiger charge is 2.37. The van der Waals surface area contributed by atoms with Crippen molar-refractivity contribution in [3.63, 3.8) is 0 Å². The molecule has 1 aliphatic rings. The van der Waals surface area contributed by atoms with Gasteiger partial charge in [0.2, 0.25) is 11.5 Å². The summed E-state index contributed by atoms with van der Waals surface area (Å²) in [4.78, 5) is 0. The van der Waals surface area contributed by atoms with Crippen LogP contribution in [0.3, 0.4) is 0 Å². The summed E-state index contributed by atoms with van der Waals surface area (Å²) >= 11 is 0. The van der Waals surface area contributed by atoms with Crippen LogP contribution in [0.1, 0.15) is 20.8 Å². The van der Waals surface area contributed by atoms with E-state index in [2.05, 4.69) is 5.32 Å². The van der Waals surface area contributed by atoms with Crippen LogP contribution in [0.5, 0.6) is 23.0 Å². The van der Waals surface area contributed by atoms with E-state index in [1.165, 1.54) is 6.07 Å². The first kappa shape index (κ1) is 17.3. The van der Waals surface area contributed by atoms with Gasteiger partial charge in [0.1, 0.15) is 5.69 Å². The first-order valence-corrected chi connectivity index (χ1v) is 8.26. The van der Waals surface area contributed by atoms with E-state index in [9.17, 15) is 19.0 Å². The number of rotatable bonds is 4. The van der Waals surface area contributed by atoms with Gasteiger partial charge < -0.3 is 20.3 Å². The van der Waals surface area contributed by atoms with E-state index in [0.717, 1.165) is 12.1 Å². The minimum absolute atomic E-state index is 0.200. The van der Waals surface area contributed by atoms with E-state index in [4.69, 9.17) is 4.74 Å². The molecule has 0 bridgehead atoms. The predicted octanol–water partition coefficient (Wildman–Crippen LogP) is 4.59. The van der Waals surface area contributed by atoms with Crippen molar-refractivity contribution >= 4 is 17.1 Å². The lowest BCUT2D eigenvalue weighted by Gasteiger charge is -2.38. The van der Waals surface area contributed by atoms with E-state index in [1.807, 2.05) is 20.8 Å². The minimum Gasteiger partial charge on any atom is -0.505 e. The maximum Gasteiger partial charge on any atom is 0.227 e. The van der Waals surface area contributed by atoms with Crippen molar-refractivity contribution < 1.29 is 23.7 Å². The Morgan fingerprint density at radius 3 is 2.16 bits per heavy atom. The Kier molecular flexibility index (Phi) is 4.20. The quantitative estimate of drug-likeness (QED) is 0.475. The SMILES string of the molecule is CC[N+](CC)(CC)c1c(F)c(O)cc2c1Nc1cc(F)c(O)cc1O2. The highest BCUT2D eigenvalue weighted by Crippen LogP contribution is 2.52. The van der Waals surface area contributed by atoms with Crippen molar-refractivity contribution in [1.29, 1.82) is 0 Å². The zero-order valence-electron chi connectivity index (χ0n) is 14.4. The lowest BCUT2D eigenvalue weighted by molar-refractivity contribution is 0.299. The number of benzene rings is 2. The maximum atomic E-state index is 14.9. The van der Waals surface area contributed by atoms with Gasteiger partial charge in [-0.25, -0.2) is 4.39 Å². The summed E-state index contributed by atoms with van der Waals surface area (Å²) in [5.74, 6) is -2.15. The molecular formula is C18H21F2N2O3+. The molecule has 7 heteroatoms. The number of nitrogens with one attached hydrogen (secondary N) is 1. The van der Waals surface area contributed by atoms with Gasteiger partial charge in [-0.2, -0.15) is 4.39 Å². The molecule has 0 fully saturated rings. The van der Waals surface area contributed by atoms with Gasteiger partial charge in [-0.15, -0.1) is 0 Å². The van der Waals surface area contributed by atoms with Crippen LogP contribution in [0, 0.1) is 11.6 Å². The monoisotopic (exact) mass is 351 g/mol. The van der Waals surface area contributed by atoms with Gasteiger partial charge in [0, 0.05) is 18.2 Å². The van der Waals surface area contributed by atoms with Gasteiger partial charge in [0.05, 0.1) is 25.3 Å². The van der Waals surface area contributed by atoms with Crippen LogP contribution in [-0.2, 0) is 0 Å². The molecule has 0 radical (unpaired) electrons. The molecular weight excluding hydrogens is 330 g/mol. The molecule has 25 heavy (non-hydrogen) atoms. The molecule has 0 unspecified atom stereocenters. The summed E-state index contributed by atoms with van der Waals surface area (Å²) in [7, 11) is 0. The molecule has 0 aromatic heterocycles. The number of aromatic hydroxyl groups is 2. The average molecular weight is 351 g/mol. The number of fused-ring (bicyclic) bond motifs is 2. The van der Waals surface area contributed by atoms with E-state index < -0.39 is 23.1 Å². The van der Waals surface area contributed by atoms with Crippen molar-refractivity contribution in [2.24, 2.45) is 0 Å². The third kappa shape index (κ3) is 2.55. The molecule has 2 aromatic carbocycles. The van der Waals surface area contributed by atoms with Gasteiger partial charge in [-0.3, -0.25) is 4.48 Å². The largest absolute Gasteiger partial charge is 0.505 e. The number of halogens is 2. The van der Waals surface area contributed by atoms with Crippen LogP contribution < -0.4 is 14.5 Å². The number of quaternary nitrogens is 1. The second kappa shape index (κ2) is 6.07. The highest BCUT2D eigenvalue weighted by atomic mass is 19.1. The second-order valence-corrected chi connectivity index (χ2v) is 6.05. The summed E-state index contributed by atoms with van der Waals surface area (Å²) in [6.45, 7) is 7.66. The van der Waals surface area contributed by atoms with E-state index in [-0.39, 0.29) is 27.4 Å². The van der Waals surface area contributed by atoms with Crippen LogP contribution in [0.25, 0.3) is 0 Å². The summed E-state index contributed by atoms with van der Waals surface area (Å²) in [5, 5.41) is 22.6. The first-order valence-electron chi connectivity index (χ1n) is 8.26. The number of hydrogen-bond acceptors (Lipinski definition) is 4. The number of nitrogens with zero attached hydrogens (tertiary/aromatic N) is 1. The number of phenols is 2. The molecule has 1 heterocycles. The molecule has 0 atom stereocenters. The third-order valence-corrected chi connectivity index (χ3v) is 5.00. The summed E-state index contributed by atoms with van der Waals surface area (Å²) in [6.07, 6.45) is 0. The Balaban J connectivity index is 2.24. The van der Waals surface area contributed by atoms with Crippen LogP contribution >= 0.6 is 0 Å². The molecule has 134 valence electrons. The molecule has 0 amide bonds. The molecule has 0 spiro atoms. The van der Waals surface area contributed by atoms with Crippen LogP contribution in [0.2, 0.25) is 0 Å². The van der Waals surface area contributed by atoms with Gasteiger partial charge in [-0.05, 0) is 20.8 Å². The van der Waals surface area contributed by atoms with Crippen molar-refractivity contribution in [1.82, 2.24) is 4.48 Å². The van der Waals surface area contributed by atoms with Gasteiger partial charge in [0.15, 0.2) is 28.8 Å². The van der Waals surface area contributed by atoms with Gasteiger partial charge in [0.25, 0.3) is 0 Å². The lowest BCUT2D eigenvalue weighted by Crippen LogP contribution is -2.49. The lowest BCUT2D eigenvalue weighted by atomic mass is 10.1. The smallest absolute Gasteiger partial charge is 0.227 e. The number of anilines is 2. The summed E-state index contributed by atoms with van der Waals surface area (Å²) < 4.78 is 34.6. The average Bonchev–Trinajstić information content (AvgIpc) is 2.60. The molecule has 5 nitrogen and oxygen atoms in total. The Morgan fingerprint density at radius 1 is 0.960 bits per heavy atom. The third-order valence-electron chi connectivity index (χ3n) is 5.00. The predicted molar refractivity (Wildman–Crippen MR) is 92.9 cm³/mol. The maximum absolute atomic E-state index is 14.9. The number of phenolic OH excluding ortho intramolecular Hbond substituents is 2. The van der Waals surface area contributed by atoms with E-state index >= 15 is 0 Å². The van der Waals surface area contributed by atoms with E-state index in [0.29, 0.717) is 25.3 Å². The summed E-state index contributed by atoms with van der Waals surface area (Å²) in [5.41, 5.74) is 0.927. The first-order chi connectivity index (χ1) is 11.9. The van der Waals surface area contributed by atoms with Gasteiger partial charge in [-0.1, -0.05) is 0 Å². The highest BCUT2D eigenvalue weighted by molar-refractivity contribution is 5.86. The Labute approximate surface area is 144 Å². The number of hydrogen-bond donors (Lipinski definition) is 3. The zero-order chi connectivity index (χ0) is 18.4. The Hall–Kier alpha value is -2.54. The summed E-state index contributed by atoms with van der Waals surface area (Å²) in [6, 6.07) is 3.42. The molecule has 0 saturated carbocycles. The topological polar surface area (TPSA) is 61.7 Å². The van der Waals surface area contributed by atoms with Crippen molar-refractivity contribution in [2.45, 2.75) is 20.8 Å². The van der Waals surface area contributed by atoms with E-state index in [1.54, 1.807) is 0 Å². The fourth-order valence-corrected chi connectivity index (χ4v) is 3.38. The second-order valence-electron chi connectivity index (χ2n) is 6.05. The van der Waals surface area contributed by atoms with Crippen LogP contribution in [0.15, 0.2) is 18.2 Å². The molecule has 0 aliphatic carbocycles. The fourth-order valence-electron chi connectivity index (χ4n) is 3.38. The molecule has 0 saturated heterocycles. The molecule has 3 N–H and O–H groups in total. The normalized spacial score (nSPS) is 12.8. The Morgan fingerprint density at radius 2 is 1.56 bits per heavy atom. The van der Waals surface area contributed by atoms with Crippen molar-refractivity contribution in [2.75, 3.05) is 25.0 Å². The Bertz CT molecular complexity index is 828. The standard InChI is InChI=1S/C18H20F2N2O3/c1-4-22(5-2,6-3)18-16(20)13(24)9-15-17(18)21-11-7-10(19)12(23)8-14(11)25-15/h7-9,21H,4-6H2,1-3H3,(H-,23,24)/p+1. The molecule has 1 aliphatic heterocycles. The molecule has 3 rings (SSSR count). The van der Waals surface area contributed by atoms with Crippen LogP contribution in [-0.4, -0.2) is 29.8 Å². The number of ether oxygens (including phenoxy) is 1. The van der Waals surface area contributed by atoms with Crippen LogP contribution in [0.4, 0.5) is 25.8 Å². The van der Waals surface area contributed by atoms with Crippen molar-refractivity contribution in [3.8, 4) is 23.0 Å². The fraction of sp³-hybridized carbons (Fsp3) is 0.333. The van der Waals surface area contributed by atoms with Gasteiger partial charge >= 0.3 is 0 Å². The minimum atomic E-state index is -0.804. The molecule has 2 aromatic rings. The van der Waals surface area contributed by atoms with Crippen molar-refractivity contribution in [3.05, 3.63) is 29.8 Å². The zero-order valence-corrected chi connectivity index (χ0v) is 14.4.